The second-order valence-electron chi connectivity index (χ2n) is 6.24. The molecule has 27 heavy (non-hydrogen) atoms. The van der Waals surface area contributed by atoms with Crippen LogP contribution in [0.3, 0.4) is 0 Å². The van der Waals surface area contributed by atoms with E-state index in [-0.39, 0.29) is 4.90 Å². The summed E-state index contributed by atoms with van der Waals surface area (Å²) in [4.78, 5) is 4.40. The number of piperazine rings is 1. The van der Waals surface area contributed by atoms with Gasteiger partial charge >= 0.3 is 0 Å². The third kappa shape index (κ3) is 3.80. The van der Waals surface area contributed by atoms with Crippen molar-refractivity contribution in [3.63, 3.8) is 0 Å². The van der Waals surface area contributed by atoms with E-state index in [1.165, 1.54) is 0 Å². The van der Waals surface area contributed by atoms with Gasteiger partial charge in [0.1, 0.15) is 9.90 Å². The smallest absolute Gasteiger partial charge is 0.240 e. The first-order chi connectivity index (χ1) is 13.0. The van der Waals surface area contributed by atoms with E-state index in [1.807, 2.05) is 36.4 Å². The normalized spacial score (nSPS) is 15.1. The average Bonchev–Trinajstić information content (AvgIpc) is 3.18. The van der Waals surface area contributed by atoms with E-state index in [0.717, 1.165) is 28.8 Å². The molecule has 2 aromatic carbocycles. The molecular weight excluding hydrogens is 382 g/mol. The van der Waals surface area contributed by atoms with Crippen LogP contribution in [0.25, 0.3) is 10.6 Å². The van der Waals surface area contributed by atoms with Gasteiger partial charge in [0.15, 0.2) is 0 Å². The molecule has 0 atom stereocenters. The molecule has 1 fully saturated rings. The molecule has 0 bridgehead atoms. The highest BCUT2D eigenvalue weighted by molar-refractivity contribution is 7.89. The summed E-state index contributed by atoms with van der Waals surface area (Å²) in [6.07, 6.45) is 0. The summed E-state index contributed by atoms with van der Waals surface area (Å²) in [5.41, 5.74) is 1.71. The Kier molecular flexibility index (Phi) is 4.81. The Morgan fingerprint density at radius 2 is 1.48 bits per heavy atom. The van der Waals surface area contributed by atoms with Crippen LogP contribution in [0.1, 0.15) is 0 Å². The van der Waals surface area contributed by atoms with Crippen molar-refractivity contribution < 1.29 is 8.42 Å². The molecule has 0 amide bonds. The van der Waals surface area contributed by atoms with E-state index >= 15 is 0 Å². The van der Waals surface area contributed by atoms with Gasteiger partial charge < -0.3 is 9.80 Å². The van der Waals surface area contributed by atoms with E-state index in [9.17, 15) is 8.42 Å². The molecule has 1 aromatic heterocycles. The molecule has 0 spiro atoms. The predicted octanol–water partition coefficient (Wildman–Crippen LogP) is 2.18. The van der Waals surface area contributed by atoms with E-state index in [1.54, 1.807) is 29.5 Å². The van der Waals surface area contributed by atoms with Crippen LogP contribution in [-0.4, -0.2) is 44.8 Å². The molecule has 140 valence electrons. The monoisotopic (exact) mass is 401 g/mol. The van der Waals surface area contributed by atoms with Crippen LogP contribution < -0.4 is 14.9 Å². The van der Waals surface area contributed by atoms with Gasteiger partial charge in [0, 0.05) is 31.7 Å². The molecule has 0 unspecified atom stereocenters. The van der Waals surface area contributed by atoms with Gasteiger partial charge in [-0.1, -0.05) is 53.8 Å². The van der Waals surface area contributed by atoms with Crippen LogP contribution in [0.4, 0.5) is 10.8 Å². The van der Waals surface area contributed by atoms with Gasteiger partial charge in [0.05, 0.1) is 5.69 Å². The minimum absolute atomic E-state index is 0.167. The lowest BCUT2D eigenvalue weighted by Crippen LogP contribution is -2.47. The first-order valence-corrected chi connectivity index (χ1v) is 10.9. The third-order valence-electron chi connectivity index (χ3n) is 4.50. The summed E-state index contributed by atoms with van der Waals surface area (Å²) in [6.45, 7) is 2.85. The van der Waals surface area contributed by atoms with Gasteiger partial charge in [-0.2, -0.15) is 0 Å². The highest BCUT2D eigenvalue weighted by Crippen LogP contribution is 2.30. The molecule has 4 rings (SSSR count). The van der Waals surface area contributed by atoms with Crippen molar-refractivity contribution >= 4 is 32.2 Å². The fraction of sp³-hybridized carbons (Fsp3) is 0.222. The number of nitrogens with zero attached hydrogens (tertiary/aromatic N) is 4. The second kappa shape index (κ2) is 7.26. The third-order valence-corrected chi connectivity index (χ3v) is 6.49. The molecule has 0 radical (unpaired) electrons. The number of primary sulfonamides is 1. The standard InChI is InChI=1S/C18H19N5O2S2/c19-27(24,25)16-9-5-4-8-15(16)22-10-12-23(13-11-22)18-21-20-17(26-18)14-6-2-1-3-7-14/h1-9H,10-13H2,(H2,19,24,25). The van der Waals surface area contributed by atoms with E-state index in [2.05, 4.69) is 20.0 Å². The Hall–Kier alpha value is -2.49. The lowest BCUT2D eigenvalue weighted by Gasteiger charge is -2.36. The summed E-state index contributed by atoms with van der Waals surface area (Å²) in [5.74, 6) is 0. The molecule has 1 saturated heterocycles. The number of anilines is 2. The first kappa shape index (κ1) is 17.9. The lowest BCUT2D eigenvalue weighted by molar-refractivity contribution is 0.595. The van der Waals surface area contributed by atoms with Crippen molar-refractivity contribution in [2.45, 2.75) is 4.90 Å². The molecule has 2 heterocycles. The molecule has 0 aliphatic carbocycles. The van der Waals surface area contributed by atoms with Crippen molar-refractivity contribution in [2.75, 3.05) is 36.0 Å². The van der Waals surface area contributed by atoms with Crippen LogP contribution in [0.5, 0.6) is 0 Å². The lowest BCUT2D eigenvalue weighted by atomic mass is 10.2. The Bertz CT molecular complexity index is 1030. The number of hydrogen-bond donors (Lipinski definition) is 1. The Balaban J connectivity index is 1.48. The van der Waals surface area contributed by atoms with E-state index in [0.29, 0.717) is 18.8 Å². The summed E-state index contributed by atoms with van der Waals surface area (Å²) in [7, 11) is -3.75. The maximum atomic E-state index is 11.8. The maximum absolute atomic E-state index is 11.8. The number of para-hydroxylation sites is 1. The van der Waals surface area contributed by atoms with Gasteiger partial charge in [0.25, 0.3) is 0 Å². The van der Waals surface area contributed by atoms with Crippen LogP contribution in [0.15, 0.2) is 59.5 Å². The highest BCUT2D eigenvalue weighted by Gasteiger charge is 2.24. The van der Waals surface area contributed by atoms with E-state index in [4.69, 9.17) is 5.14 Å². The fourth-order valence-electron chi connectivity index (χ4n) is 3.14. The van der Waals surface area contributed by atoms with Gasteiger partial charge in [-0.05, 0) is 12.1 Å². The zero-order valence-corrected chi connectivity index (χ0v) is 16.2. The average molecular weight is 402 g/mol. The van der Waals surface area contributed by atoms with Crippen molar-refractivity contribution in [2.24, 2.45) is 5.14 Å². The van der Waals surface area contributed by atoms with Crippen LogP contribution in [0, 0.1) is 0 Å². The van der Waals surface area contributed by atoms with Gasteiger partial charge in [-0.3, -0.25) is 0 Å². The summed E-state index contributed by atoms with van der Waals surface area (Å²) >= 11 is 1.57. The van der Waals surface area contributed by atoms with Crippen molar-refractivity contribution in [1.82, 2.24) is 10.2 Å². The van der Waals surface area contributed by atoms with Crippen molar-refractivity contribution in [3.05, 3.63) is 54.6 Å². The molecule has 1 aliphatic rings. The predicted molar refractivity (Wildman–Crippen MR) is 108 cm³/mol. The fourth-order valence-corrected chi connectivity index (χ4v) is 4.80. The molecule has 2 N–H and O–H groups in total. The van der Waals surface area contributed by atoms with Gasteiger partial charge in [-0.15, -0.1) is 10.2 Å². The number of sulfonamides is 1. The Morgan fingerprint density at radius 3 is 2.19 bits per heavy atom. The van der Waals surface area contributed by atoms with Crippen LogP contribution in [-0.2, 0) is 10.0 Å². The summed E-state index contributed by atoms with van der Waals surface area (Å²) in [6, 6.07) is 16.8. The molecule has 9 heteroatoms. The van der Waals surface area contributed by atoms with Gasteiger partial charge in [0.2, 0.25) is 15.2 Å². The number of hydrogen-bond acceptors (Lipinski definition) is 7. The van der Waals surface area contributed by atoms with Crippen molar-refractivity contribution in [1.29, 1.82) is 0 Å². The maximum Gasteiger partial charge on any atom is 0.240 e. The molecular formula is C18H19N5O2S2. The SMILES string of the molecule is NS(=O)(=O)c1ccccc1N1CCN(c2nnc(-c3ccccc3)s2)CC1. The highest BCUT2D eigenvalue weighted by atomic mass is 32.2. The second-order valence-corrected chi connectivity index (χ2v) is 8.73. The number of aromatic nitrogens is 2. The minimum atomic E-state index is -3.75. The zero-order chi connectivity index (χ0) is 18.9. The van der Waals surface area contributed by atoms with Crippen LogP contribution >= 0.6 is 11.3 Å². The quantitative estimate of drug-likeness (QED) is 0.720. The summed E-state index contributed by atoms with van der Waals surface area (Å²) in [5, 5.41) is 15.8. The van der Waals surface area contributed by atoms with E-state index < -0.39 is 10.0 Å². The number of rotatable bonds is 4. The Labute approximate surface area is 162 Å². The molecule has 0 saturated carbocycles. The van der Waals surface area contributed by atoms with Crippen LogP contribution in [0.2, 0.25) is 0 Å². The molecule has 7 nitrogen and oxygen atoms in total. The minimum Gasteiger partial charge on any atom is -0.367 e. The zero-order valence-electron chi connectivity index (χ0n) is 14.5. The van der Waals surface area contributed by atoms with Gasteiger partial charge in [-0.25, -0.2) is 13.6 Å². The molecule has 3 aromatic rings. The largest absolute Gasteiger partial charge is 0.367 e. The number of benzene rings is 2. The Morgan fingerprint density at radius 1 is 0.852 bits per heavy atom. The molecule has 1 aliphatic heterocycles. The first-order valence-electron chi connectivity index (χ1n) is 8.53. The summed E-state index contributed by atoms with van der Waals surface area (Å²) < 4.78 is 23.7. The van der Waals surface area contributed by atoms with Crippen molar-refractivity contribution in [3.8, 4) is 10.6 Å². The topological polar surface area (TPSA) is 92.4 Å². The number of nitrogens with two attached hydrogens (primary N) is 1.